The molecule has 118 valence electrons. The highest BCUT2D eigenvalue weighted by Crippen LogP contribution is 2.31. The van der Waals surface area contributed by atoms with Crippen molar-refractivity contribution in [2.45, 2.75) is 0 Å². The van der Waals surface area contributed by atoms with Crippen LogP contribution in [0.4, 0.5) is 15.9 Å². The zero-order chi connectivity index (χ0) is 16.5. The van der Waals surface area contributed by atoms with Crippen molar-refractivity contribution in [1.29, 1.82) is 0 Å². The first-order valence-electron chi connectivity index (χ1n) is 7.32. The third kappa shape index (κ3) is 2.70. The predicted molar refractivity (Wildman–Crippen MR) is 93.1 cm³/mol. The van der Waals surface area contributed by atoms with Crippen molar-refractivity contribution in [3.63, 3.8) is 0 Å². The summed E-state index contributed by atoms with van der Waals surface area (Å²) in [4.78, 5) is 8.89. The number of fused-ring (bicyclic) bond motifs is 1. The standard InChI is InChI=1S/C18H12ClFN4/c19-13-4-2-12(3-5-13)16-17(22-15-8-6-14(20)7-9-15)24-11-1-10-21-18(24)23-16/h1-11,22H. The topological polar surface area (TPSA) is 42.2 Å². The van der Waals surface area contributed by atoms with Crippen LogP contribution in [0.2, 0.25) is 5.02 Å². The number of nitrogens with zero attached hydrogens (tertiary/aromatic N) is 3. The van der Waals surface area contributed by atoms with E-state index in [0.29, 0.717) is 10.8 Å². The normalized spacial score (nSPS) is 10.9. The highest BCUT2D eigenvalue weighted by Gasteiger charge is 2.15. The molecular formula is C18H12ClFN4. The Morgan fingerprint density at radius 2 is 1.75 bits per heavy atom. The van der Waals surface area contributed by atoms with E-state index in [1.54, 1.807) is 18.3 Å². The largest absolute Gasteiger partial charge is 0.339 e. The fraction of sp³-hybridized carbons (Fsp3) is 0. The average molecular weight is 339 g/mol. The van der Waals surface area contributed by atoms with Crippen LogP contribution in [0.5, 0.6) is 0 Å². The summed E-state index contributed by atoms with van der Waals surface area (Å²) >= 11 is 5.97. The quantitative estimate of drug-likeness (QED) is 0.575. The van der Waals surface area contributed by atoms with Gasteiger partial charge in [0.25, 0.3) is 0 Å². The van der Waals surface area contributed by atoms with Gasteiger partial charge in [-0.2, -0.15) is 0 Å². The molecule has 0 amide bonds. The number of halogens is 2. The van der Waals surface area contributed by atoms with Gasteiger partial charge in [0.1, 0.15) is 17.3 Å². The second kappa shape index (κ2) is 5.94. The summed E-state index contributed by atoms with van der Waals surface area (Å²) in [6, 6.07) is 15.4. The van der Waals surface area contributed by atoms with Gasteiger partial charge < -0.3 is 5.32 Å². The van der Waals surface area contributed by atoms with E-state index in [1.165, 1.54) is 12.1 Å². The van der Waals surface area contributed by atoms with Gasteiger partial charge in [-0.1, -0.05) is 23.7 Å². The molecule has 1 N–H and O–H groups in total. The molecule has 4 nitrogen and oxygen atoms in total. The second-order valence-corrected chi connectivity index (χ2v) is 5.67. The fourth-order valence-corrected chi connectivity index (χ4v) is 2.61. The monoisotopic (exact) mass is 338 g/mol. The van der Waals surface area contributed by atoms with Gasteiger partial charge in [-0.3, -0.25) is 4.40 Å². The van der Waals surface area contributed by atoms with E-state index in [4.69, 9.17) is 11.6 Å². The average Bonchev–Trinajstić information content (AvgIpc) is 2.96. The van der Waals surface area contributed by atoms with Crippen LogP contribution < -0.4 is 5.32 Å². The molecule has 24 heavy (non-hydrogen) atoms. The van der Waals surface area contributed by atoms with Crippen molar-refractivity contribution in [3.05, 3.63) is 77.8 Å². The fourth-order valence-electron chi connectivity index (χ4n) is 2.49. The summed E-state index contributed by atoms with van der Waals surface area (Å²) in [6.07, 6.45) is 3.57. The molecule has 0 fully saturated rings. The second-order valence-electron chi connectivity index (χ2n) is 5.24. The van der Waals surface area contributed by atoms with Crippen LogP contribution in [-0.4, -0.2) is 14.4 Å². The smallest absolute Gasteiger partial charge is 0.235 e. The molecule has 0 spiro atoms. The first-order valence-corrected chi connectivity index (χ1v) is 7.70. The van der Waals surface area contributed by atoms with Gasteiger partial charge in [-0.05, 0) is 42.5 Å². The Labute approximate surface area is 142 Å². The number of rotatable bonds is 3. The van der Waals surface area contributed by atoms with Crippen molar-refractivity contribution < 1.29 is 4.39 Å². The highest BCUT2D eigenvalue weighted by atomic mass is 35.5. The summed E-state index contributed by atoms with van der Waals surface area (Å²) in [6.45, 7) is 0. The van der Waals surface area contributed by atoms with Gasteiger partial charge >= 0.3 is 0 Å². The van der Waals surface area contributed by atoms with Gasteiger partial charge in [0.2, 0.25) is 5.78 Å². The van der Waals surface area contributed by atoms with Crippen LogP contribution in [-0.2, 0) is 0 Å². The summed E-state index contributed by atoms with van der Waals surface area (Å²) in [5, 5.41) is 3.96. The van der Waals surface area contributed by atoms with E-state index in [0.717, 1.165) is 22.8 Å². The van der Waals surface area contributed by atoms with Crippen LogP contribution in [0.1, 0.15) is 0 Å². The number of hydrogen-bond acceptors (Lipinski definition) is 3. The van der Waals surface area contributed by atoms with Crippen molar-refractivity contribution in [2.24, 2.45) is 0 Å². The Morgan fingerprint density at radius 1 is 1.00 bits per heavy atom. The minimum atomic E-state index is -0.279. The van der Waals surface area contributed by atoms with Gasteiger partial charge in [0, 0.05) is 28.7 Å². The Balaban J connectivity index is 1.86. The molecule has 0 aliphatic carbocycles. The molecule has 4 rings (SSSR count). The van der Waals surface area contributed by atoms with Crippen LogP contribution in [0.15, 0.2) is 67.0 Å². The third-order valence-electron chi connectivity index (χ3n) is 3.63. The van der Waals surface area contributed by atoms with Gasteiger partial charge in [0.05, 0.1) is 0 Å². The third-order valence-corrected chi connectivity index (χ3v) is 3.88. The molecule has 0 atom stereocenters. The minimum absolute atomic E-state index is 0.279. The number of anilines is 2. The van der Waals surface area contributed by atoms with Crippen molar-refractivity contribution in [3.8, 4) is 11.3 Å². The maximum absolute atomic E-state index is 13.1. The van der Waals surface area contributed by atoms with Crippen LogP contribution in [0.3, 0.4) is 0 Å². The summed E-state index contributed by atoms with van der Waals surface area (Å²) in [5.74, 6) is 1.05. The summed E-state index contributed by atoms with van der Waals surface area (Å²) < 4.78 is 15.0. The van der Waals surface area contributed by atoms with E-state index in [-0.39, 0.29) is 5.82 Å². The summed E-state index contributed by atoms with van der Waals surface area (Å²) in [5.41, 5.74) is 2.42. The number of imidazole rings is 1. The van der Waals surface area contributed by atoms with E-state index in [2.05, 4.69) is 15.3 Å². The minimum Gasteiger partial charge on any atom is -0.339 e. The maximum atomic E-state index is 13.1. The molecule has 2 aromatic carbocycles. The first kappa shape index (κ1) is 14.7. The molecule has 0 bridgehead atoms. The van der Waals surface area contributed by atoms with Gasteiger partial charge in [-0.15, -0.1) is 0 Å². The molecule has 6 heteroatoms. The molecule has 0 saturated carbocycles. The molecule has 0 unspecified atom stereocenters. The van der Waals surface area contributed by atoms with E-state index >= 15 is 0 Å². The van der Waals surface area contributed by atoms with E-state index in [1.807, 2.05) is 40.9 Å². The van der Waals surface area contributed by atoms with E-state index in [9.17, 15) is 4.39 Å². The number of hydrogen-bond donors (Lipinski definition) is 1. The van der Waals surface area contributed by atoms with E-state index < -0.39 is 0 Å². The molecule has 0 aliphatic heterocycles. The Kier molecular flexibility index (Phi) is 3.63. The first-order chi connectivity index (χ1) is 11.7. The van der Waals surface area contributed by atoms with Crippen LogP contribution in [0, 0.1) is 5.82 Å². The SMILES string of the molecule is Fc1ccc(Nc2c(-c3ccc(Cl)cc3)nc3ncccn23)cc1. The van der Waals surface area contributed by atoms with Gasteiger partial charge in [0.15, 0.2) is 0 Å². The molecule has 0 saturated heterocycles. The Hall–Kier alpha value is -2.92. The lowest BCUT2D eigenvalue weighted by Crippen LogP contribution is -1.97. The lowest BCUT2D eigenvalue weighted by molar-refractivity contribution is 0.628. The molecule has 0 aliphatic rings. The summed E-state index contributed by atoms with van der Waals surface area (Å²) in [7, 11) is 0. The van der Waals surface area contributed by atoms with Crippen molar-refractivity contribution in [1.82, 2.24) is 14.4 Å². The zero-order valence-electron chi connectivity index (χ0n) is 12.4. The predicted octanol–water partition coefficient (Wildman–Crippen LogP) is 4.93. The zero-order valence-corrected chi connectivity index (χ0v) is 13.2. The lowest BCUT2D eigenvalue weighted by atomic mass is 10.1. The maximum Gasteiger partial charge on any atom is 0.235 e. The van der Waals surface area contributed by atoms with Crippen LogP contribution in [0.25, 0.3) is 17.0 Å². The number of aromatic nitrogens is 3. The molecule has 2 heterocycles. The number of benzene rings is 2. The van der Waals surface area contributed by atoms with Crippen molar-refractivity contribution in [2.75, 3.05) is 5.32 Å². The molecule has 4 aromatic rings. The molecular weight excluding hydrogens is 327 g/mol. The highest BCUT2D eigenvalue weighted by molar-refractivity contribution is 6.30. The Bertz CT molecular complexity index is 994. The molecule has 0 radical (unpaired) electrons. The Morgan fingerprint density at radius 3 is 2.50 bits per heavy atom. The van der Waals surface area contributed by atoms with Gasteiger partial charge in [-0.25, -0.2) is 14.4 Å². The lowest BCUT2D eigenvalue weighted by Gasteiger charge is -2.08. The van der Waals surface area contributed by atoms with Crippen LogP contribution >= 0.6 is 11.6 Å². The number of nitrogens with one attached hydrogen (secondary N) is 1. The molecule has 2 aromatic heterocycles. The van der Waals surface area contributed by atoms with Crippen molar-refractivity contribution >= 4 is 28.9 Å².